The highest BCUT2D eigenvalue weighted by Crippen LogP contribution is 2.55. The van der Waals surface area contributed by atoms with Gasteiger partial charge in [0.25, 0.3) is 0 Å². The van der Waals surface area contributed by atoms with Crippen molar-refractivity contribution >= 4 is 82.5 Å². The molecule has 0 aliphatic carbocycles. The third kappa shape index (κ3) is 6.72. The summed E-state index contributed by atoms with van der Waals surface area (Å²) in [4.78, 5) is 2.10. The van der Waals surface area contributed by atoms with Crippen LogP contribution >= 0.6 is 82.5 Å². The lowest BCUT2D eigenvalue weighted by atomic mass is 10.1. The van der Waals surface area contributed by atoms with E-state index >= 15 is 0 Å². The van der Waals surface area contributed by atoms with Crippen molar-refractivity contribution in [2.45, 2.75) is 21.3 Å². The number of methoxy groups -OCH3 is 4. The maximum Gasteiger partial charge on any atom is 0.134 e. The summed E-state index contributed by atoms with van der Waals surface area (Å²) in [5.41, 5.74) is 2.27. The molecule has 4 aliphatic rings. The molecular weight excluding hydrogens is 537 g/mol. The molecule has 0 saturated heterocycles. The number of ether oxygens (including phenoxy) is 4. The Bertz CT molecular complexity index is 714. The van der Waals surface area contributed by atoms with Crippen molar-refractivity contribution in [3.05, 3.63) is 35.4 Å². The third-order valence-corrected chi connectivity index (χ3v) is 16.3. The van der Waals surface area contributed by atoms with E-state index in [9.17, 15) is 0 Å². The lowest BCUT2D eigenvalue weighted by Gasteiger charge is -2.15. The first-order chi connectivity index (χ1) is 14.7. The Morgan fingerprint density at radius 3 is 1.30 bits per heavy atom. The highest BCUT2D eigenvalue weighted by Gasteiger charge is 2.16. The minimum atomic E-state index is 0.825. The second-order valence-electron chi connectivity index (χ2n) is 5.59. The van der Waals surface area contributed by atoms with Crippen LogP contribution in [0, 0.1) is 0 Å². The van der Waals surface area contributed by atoms with Gasteiger partial charge in [0, 0.05) is 22.6 Å². The Labute approximate surface area is 208 Å². The van der Waals surface area contributed by atoms with E-state index in [1.807, 2.05) is 0 Å². The van der Waals surface area contributed by atoms with Gasteiger partial charge in [0.15, 0.2) is 0 Å². The molecule has 0 spiro atoms. The molecule has 0 radical (unpaired) electrons. The molecule has 2 aromatic carbocycles. The third-order valence-electron chi connectivity index (χ3n) is 3.96. The van der Waals surface area contributed by atoms with Gasteiger partial charge in [0.2, 0.25) is 0 Å². The zero-order valence-electron chi connectivity index (χ0n) is 16.6. The van der Waals surface area contributed by atoms with Gasteiger partial charge in [-0.25, -0.2) is 0 Å². The van der Waals surface area contributed by atoms with Crippen LogP contribution in [0.25, 0.3) is 0 Å². The average molecular weight is 557 g/mol. The molecule has 0 saturated carbocycles. The summed E-state index contributed by atoms with van der Waals surface area (Å²) in [6.45, 7) is 0. The number of hydrogen-bond donors (Lipinski definition) is 0. The second-order valence-corrected chi connectivity index (χ2v) is 17.3. The van der Waals surface area contributed by atoms with Crippen LogP contribution in [0.3, 0.4) is 0 Å². The molecule has 12 heteroatoms. The van der Waals surface area contributed by atoms with Gasteiger partial charge in [0.1, 0.15) is 23.0 Å². The maximum absolute atomic E-state index is 5.64. The molecular formula is C18H20O4S8. The Morgan fingerprint density at radius 1 is 0.533 bits per heavy atom. The van der Waals surface area contributed by atoms with Crippen molar-refractivity contribution in [3.63, 3.8) is 0 Å². The SMILES string of the molecule is COc1cc2c(OC)cc1CSSSSc1cc(OC)c(cc1OC)SSSSC2. The smallest absolute Gasteiger partial charge is 0.134 e. The van der Waals surface area contributed by atoms with Gasteiger partial charge in [-0.1, -0.05) is 21.6 Å². The van der Waals surface area contributed by atoms with Gasteiger partial charge in [-0.05, 0) is 85.2 Å². The molecule has 4 bridgehead atoms. The van der Waals surface area contributed by atoms with Gasteiger partial charge in [-0.15, -0.1) is 0 Å². The van der Waals surface area contributed by atoms with Crippen LogP contribution < -0.4 is 18.9 Å². The predicted molar refractivity (Wildman–Crippen MR) is 144 cm³/mol. The molecule has 0 N–H and O–H groups in total. The minimum Gasteiger partial charge on any atom is -0.496 e. The van der Waals surface area contributed by atoms with Gasteiger partial charge >= 0.3 is 0 Å². The van der Waals surface area contributed by atoms with Crippen molar-refractivity contribution in [2.75, 3.05) is 28.4 Å². The lowest BCUT2D eigenvalue weighted by Crippen LogP contribution is -1.96. The van der Waals surface area contributed by atoms with E-state index in [4.69, 9.17) is 18.9 Å². The van der Waals surface area contributed by atoms with Crippen molar-refractivity contribution in [3.8, 4) is 23.0 Å². The first-order valence-electron chi connectivity index (χ1n) is 8.45. The molecule has 0 amide bonds. The summed E-state index contributed by atoms with van der Waals surface area (Å²) in [5.74, 6) is 5.19. The van der Waals surface area contributed by atoms with E-state index in [2.05, 4.69) is 24.3 Å². The lowest BCUT2D eigenvalue weighted by molar-refractivity contribution is 0.386. The maximum atomic E-state index is 5.64. The molecule has 0 atom stereocenters. The summed E-state index contributed by atoms with van der Waals surface area (Å²) in [6, 6.07) is 8.30. The van der Waals surface area contributed by atoms with E-state index in [-0.39, 0.29) is 0 Å². The zero-order valence-corrected chi connectivity index (χ0v) is 23.2. The second kappa shape index (κ2) is 13.2. The highest BCUT2D eigenvalue weighted by atomic mass is 33.7. The van der Waals surface area contributed by atoms with Crippen LogP contribution in [-0.4, -0.2) is 28.4 Å². The Kier molecular flexibility index (Phi) is 11.0. The van der Waals surface area contributed by atoms with Crippen LogP contribution in [0.2, 0.25) is 0 Å². The monoisotopic (exact) mass is 556 g/mol. The Balaban J connectivity index is 1.83. The fourth-order valence-electron chi connectivity index (χ4n) is 2.54. The largest absolute Gasteiger partial charge is 0.496 e. The van der Waals surface area contributed by atoms with Crippen LogP contribution in [0.4, 0.5) is 0 Å². The van der Waals surface area contributed by atoms with Crippen LogP contribution in [-0.2, 0) is 11.5 Å². The molecule has 0 unspecified atom stereocenters. The van der Waals surface area contributed by atoms with Crippen LogP contribution in [0.1, 0.15) is 11.1 Å². The quantitative estimate of drug-likeness (QED) is 0.339. The van der Waals surface area contributed by atoms with E-state index in [0.717, 1.165) is 55.4 Å². The van der Waals surface area contributed by atoms with Crippen LogP contribution in [0.5, 0.6) is 23.0 Å². The molecule has 4 nitrogen and oxygen atoms in total. The van der Waals surface area contributed by atoms with Gasteiger partial charge in [0.05, 0.1) is 38.2 Å². The molecule has 2 aromatic rings. The Hall–Kier alpha value is 0.440. The summed E-state index contributed by atoms with van der Waals surface area (Å²) in [5, 5.41) is 0. The molecule has 4 aliphatic heterocycles. The van der Waals surface area contributed by atoms with Crippen molar-refractivity contribution in [1.82, 2.24) is 0 Å². The molecule has 0 fully saturated rings. The molecule has 164 valence electrons. The normalized spacial score (nSPS) is 15.3. The van der Waals surface area contributed by atoms with E-state index < -0.39 is 0 Å². The van der Waals surface area contributed by atoms with Gasteiger partial charge in [-0.3, -0.25) is 0 Å². The number of hydrogen-bond acceptors (Lipinski definition) is 12. The van der Waals surface area contributed by atoms with Crippen LogP contribution in [0.15, 0.2) is 34.1 Å². The fourth-order valence-corrected chi connectivity index (χ4v) is 14.1. The van der Waals surface area contributed by atoms with Gasteiger partial charge < -0.3 is 18.9 Å². The zero-order chi connectivity index (χ0) is 21.3. The summed E-state index contributed by atoms with van der Waals surface area (Å²) >= 11 is 0. The van der Waals surface area contributed by atoms with Crippen molar-refractivity contribution < 1.29 is 18.9 Å². The number of benzene rings is 2. The molecule has 0 aromatic heterocycles. The number of rotatable bonds is 4. The van der Waals surface area contributed by atoms with E-state index in [1.54, 1.807) is 111 Å². The molecule has 4 heterocycles. The summed E-state index contributed by atoms with van der Waals surface area (Å²) < 4.78 is 22.5. The Morgan fingerprint density at radius 2 is 0.933 bits per heavy atom. The van der Waals surface area contributed by atoms with E-state index in [1.165, 1.54) is 0 Å². The molecule has 6 rings (SSSR count). The van der Waals surface area contributed by atoms with E-state index in [0.29, 0.717) is 0 Å². The first-order valence-corrected chi connectivity index (χ1v) is 18.4. The molecule has 30 heavy (non-hydrogen) atoms. The predicted octanol–water partition coefficient (Wildman–Crippen LogP) is 8.51. The fraction of sp³-hybridized carbons (Fsp3) is 0.333. The highest BCUT2D eigenvalue weighted by molar-refractivity contribution is 9.26. The standard InChI is InChI=1S/C18H20O4S8/c1-19-13-5-12-10-24-28-30-26-18-8-15(21-3)17(7-16(18)22-4)25-29-27-23-9-11(13)6-14(12)20-2/h5-8H,9-10H2,1-4H3. The average Bonchev–Trinajstić information content (AvgIpc) is 2.78. The van der Waals surface area contributed by atoms with Gasteiger partial charge in [-0.2, -0.15) is 0 Å². The minimum absolute atomic E-state index is 0.825. The summed E-state index contributed by atoms with van der Waals surface area (Å²) in [7, 11) is 20.6. The van der Waals surface area contributed by atoms with Crippen molar-refractivity contribution in [2.24, 2.45) is 0 Å². The summed E-state index contributed by atoms with van der Waals surface area (Å²) in [6.07, 6.45) is 0. The first kappa shape index (κ1) is 25.1. The van der Waals surface area contributed by atoms with Crippen molar-refractivity contribution in [1.29, 1.82) is 0 Å². The topological polar surface area (TPSA) is 36.9 Å².